The van der Waals surface area contributed by atoms with E-state index in [1.165, 1.54) is 38.5 Å². The van der Waals surface area contributed by atoms with Gasteiger partial charge in [-0.15, -0.1) is 0 Å². The Morgan fingerprint density at radius 1 is 1.05 bits per heavy atom. The van der Waals surface area contributed by atoms with Gasteiger partial charge in [0.25, 0.3) is 0 Å². The molecule has 0 aliphatic rings. The fourth-order valence-corrected chi connectivity index (χ4v) is 2.01. The first kappa shape index (κ1) is 19.2. The lowest BCUT2D eigenvalue weighted by molar-refractivity contribution is 0.122. The third kappa shape index (κ3) is 13.7. The highest BCUT2D eigenvalue weighted by atomic mass is 16.5. The first-order valence-corrected chi connectivity index (χ1v) is 8.29. The number of hydrogen-bond acceptors (Lipinski definition) is 3. The molecule has 4 heteroatoms. The summed E-state index contributed by atoms with van der Waals surface area (Å²) in [5, 5.41) is 12.1. The van der Waals surface area contributed by atoms with Crippen LogP contribution in [-0.2, 0) is 4.74 Å². The second-order valence-corrected chi connectivity index (χ2v) is 5.39. The van der Waals surface area contributed by atoms with Crippen molar-refractivity contribution in [2.24, 2.45) is 0 Å². The lowest BCUT2D eigenvalue weighted by atomic mass is 10.1. The van der Waals surface area contributed by atoms with Crippen LogP contribution in [0, 0.1) is 0 Å². The zero-order valence-corrected chi connectivity index (χ0v) is 13.3. The summed E-state index contributed by atoms with van der Waals surface area (Å²) < 4.78 is 5.04. The molecule has 0 saturated heterocycles. The third-order valence-electron chi connectivity index (χ3n) is 3.44. The molecule has 0 aromatic rings. The van der Waals surface area contributed by atoms with E-state index in [2.05, 4.69) is 12.2 Å². The highest BCUT2D eigenvalue weighted by Crippen LogP contribution is 2.06. The number of amides is 1. The fraction of sp³-hybridized carbons (Fsp3) is 0.938. The second kappa shape index (κ2) is 14.6. The predicted molar refractivity (Wildman–Crippen MR) is 82.9 cm³/mol. The van der Waals surface area contributed by atoms with Gasteiger partial charge >= 0.3 is 6.09 Å². The molecule has 1 atom stereocenters. The van der Waals surface area contributed by atoms with Crippen molar-refractivity contribution < 1.29 is 14.6 Å². The third-order valence-corrected chi connectivity index (χ3v) is 3.44. The Labute approximate surface area is 124 Å². The van der Waals surface area contributed by atoms with Gasteiger partial charge in [0.15, 0.2) is 0 Å². The van der Waals surface area contributed by atoms with E-state index in [0.717, 1.165) is 19.3 Å². The highest BCUT2D eigenvalue weighted by molar-refractivity contribution is 5.66. The van der Waals surface area contributed by atoms with Gasteiger partial charge in [0.1, 0.15) is 0 Å². The molecular weight excluding hydrogens is 254 g/mol. The lowest BCUT2D eigenvalue weighted by Crippen LogP contribution is -2.25. The zero-order valence-electron chi connectivity index (χ0n) is 13.3. The molecule has 0 fully saturated rings. The van der Waals surface area contributed by atoms with Crippen LogP contribution in [0.3, 0.4) is 0 Å². The Kier molecular flexibility index (Phi) is 14.1. The lowest BCUT2D eigenvalue weighted by Gasteiger charge is -2.09. The Balaban J connectivity index is 3.20. The van der Waals surface area contributed by atoms with E-state index < -0.39 is 0 Å². The molecule has 0 aliphatic heterocycles. The minimum absolute atomic E-state index is 0.269. The summed E-state index contributed by atoms with van der Waals surface area (Å²) in [5.41, 5.74) is 0. The molecule has 0 heterocycles. The normalized spacial score (nSPS) is 12.2. The van der Waals surface area contributed by atoms with Gasteiger partial charge in [0.2, 0.25) is 0 Å². The molecule has 1 unspecified atom stereocenters. The number of aliphatic hydroxyl groups excluding tert-OH is 1. The quantitative estimate of drug-likeness (QED) is 0.503. The van der Waals surface area contributed by atoms with Crippen molar-refractivity contribution in [3.8, 4) is 0 Å². The van der Waals surface area contributed by atoms with Gasteiger partial charge in [-0.1, -0.05) is 52.4 Å². The Morgan fingerprint density at radius 3 is 2.35 bits per heavy atom. The molecule has 0 spiro atoms. The summed E-state index contributed by atoms with van der Waals surface area (Å²) in [6.07, 6.45) is 10.3. The summed E-state index contributed by atoms with van der Waals surface area (Å²) in [7, 11) is 0. The largest absolute Gasteiger partial charge is 0.450 e. The van der Waals surface area contributed by atoms with E-state index in [4.69, 9.17) is 4.74 Å². The van der Waals surface area contributed by atoms with Crippen LogP contribution in [0.4, 0.5) is 4.79 Å². The second-order valence-electron chi connectivity index (χ2n) is 5.39. The number of alkyl carbamates (subject to hydrolysis) is 1. The van der Waals surface area contributed by atoms with Crippen molar-refractivity contribution in [2.75, 3.05) is 13.2 Å². The van der Waals surface area contributed by atoms with Crippen LogP contribution in [0.15, 0.2) is 0 Å². The van der Waals surface area contributed by atoms with Crippen LogP contribution in [0.1, 0.15) is 78.1 Å². The summed E-state index contributed by atoms with van der Waals surface area (Å²) in [6.45, 7) is 5.25. The van der Waals surface area contributed by atoms with Gasteiger partial charge in [0, 0.05) is 6.54 Å². The summed E-state index contributed by atoms with van der Waals surface area (Å²) >= 11 is 0. The van der Waals surface area contributed by atoms with E-state index in [1.807, 2.05) is 6.92 Å². The summed E-state index contributed by atoms with van der Waals surface area (Å²) in [4.78, 5) is 11.3. The number of aliphatic hydroxyl groups is 1. The Bertz CT molecular complexity index is 222. The first-order chi connectivity index (χ1) is 9.70. The number of ether oxygens (including phenoxy) is 1. The minimum Gasteiger partial charge on any atom is -0.450 e. The van der Waals surface area contributed by atoms with Gasteiger partial charge in [0.05, 0.1) is 12.7 Å². The molecule has 2 N–H and O–H groups in total. The van der Waals surface area contributed by atoms with Crippen molar-refractivity contribution in [3.63, 3.8) is 0 Å². The van der Waals surface area contributed by atoms with E-state index in [9.17, 15) is 9.90 Å². The van der Waals surface area contributed by atoms with Crippen molar-refractivity contribution in [1.29, 1.82) is 0 Å². The molecule has 120 valence electrons. The maximum absolute atomic E-state index is 11.3. The van der Waals surface area contributed by atoms with Crippen LogP contribution < -0.4 is 5.32 Å². The fourth-order valence-electron chi connectivity index (χ4n) is 2.01. The summed E-state index contributed by atoms with van der Waals surface area (Å²) in [6, 6.07) is 0. The van der Waals surface area contributed by atoms with Crippen LogP contribution in [-0.4, -0.2) is 30.5 Å². The minimum atomic E-state index is -0.332. The molecule has 20 heavy (non-hydrogen) atoms. The Hall–Kier alpha value is -0.770. The van der Waals surface area contributed by atoms with Gasteiger partial charge < -0.3 is 15.2 Å². The van der Waals surface area contributed by atoms with Gasteiger partial charge in [-0.2, -0.15) is 0 Å². The average Bonchev–Trinajstić information content (AvgIpc) is 2.46. The van der Waals surface area contributed by atoms with Gasteiger partial charge in [-0.3, -0.25) is 0 Å². The number of unbranched alkanes of at least 4 members (excludes halogenated alkanes) is 6. The van der Waals surface area contributed by atoms with Crippen LogP contribution in [0.25, 0.3) is 0 Å². The van der Waals surface area contributed by atoms with Crippen LogP contribution in [0.5, 0.6) is 0 Å². The molecule has 0 aromatic carbocycles. The topological polar surface area (TPSA) is 58.6 Å². The molecular formula is C16H33NO3. The van der Waals surface area contributed by atoms with Gasteiger partial charge in [-0.25, -0.2) is 4.79 Å². The monoisotopic (exact) mass is 287 g/mol. The molecule has 0 rings (SSSR count). The average molecular weight is 287 g/mol. The van der Waals surface area contributed by atoms with Gasteiger partial charge in [-0.05, 0) is 25.7 Å². The van der Waals surface area contributed by atoms with Crippen molar-refractivity contribution in [1.82, 2.24) is 5.32 Å². The van der Waals surface area contributed by atoms with Crippen LogP contribution in [0.2, 0.25) is 0 Å². The van der Waals surface area contributed by atoms with E-state index >= 15 is 0 Å². The maximum atomic E-state index is 11.3. The predicted octanol–water partition coefficient (Wildman–Crippen LogP) is 4.01. The molecule has 0 saturated carbocycles. The highest BCUT2D eigenvalue weighted by Gasteiger charge is 2.03. The van der Waals surface area contributed by atoms with E-state index in [-0.39, 0.29) is 12.2 Å². The molecule has 0 aliphatic carbocycles. The standard InChI is InChI=1S/C16H33NO3/c1-3-5-6-7-8-9-10-13-17-16(19)20-14-11-12-15(18)4-2/h15,18H,3-14H2,1-2H3,(H,17,19). The van der Waals surface area contributed by atoms with E-state index in [0.29, 0.717) is 19.6 Å². The van der Waals surface area contributed by atoms with Crippen LogP contribution >= 0.6 is 0 Å². The number of nitrogens with one attached hydrogen (secondary N) is 1. The molecule has 0 bridgehead atoms. The number of rotatable bonds is 13. The molecule has 0 aromatic heterocycles. The number of carbonyl (C=O) groups is 1. The first-order valence-electron chi connectivity index (χ1n) is 8.29. The molecule has 0 radical (unpaired) electrons. The molecule has 1 amide bonds. The van der Waals surface area contributed by atoms with E-state index in [1.54, 1.807) is 0 Å². The maximum Gasteiger partial charge on any atom is 0.407 e. The number of carbonyl (C=O) groups excluding carboxylic acids is 1. The van der Waals surface area contributed by atoms with Crippen molar-refractivity contribution in [3.05, 3.63) is 0 Å². The van der Waals surface area contributed by atoms with Crippen molar-refractivity contribution in [2.45, 2.75) is 84.2 Å². The Morgan fingerprint density at radius 2 is 1.70 bits per heavy atom. The molecule has 4 nitrogen and oxygen atoms in total. The summed E-state index contributed by atoms with van der Waals surface area (Å²) in [5.74, 6) is 0. The van der Waals surface area contributed by atoms with Crippen molar-refractivity contribution >= 4 is 6.09 Å². The smallest absolute Gasteiger partial charge is 0.407 e. The number of hydrogen-bond donors (Lipinski definition) is 2. The zero-order chi connectivity index (χ0) is 15.1. The SMILES string of the molecule is CCCCCCCCCNC(=O)OCCCC(O)CC.